The third-order valence-electron chi connectivity index (χ3n) is 3.46. The number of pyridine rings is 1. The van der Waals surface area contributed by atoms with Crippen LogP contribution in [0, 0.1) is 0 Å². The highest BCUT2D eigenvalue weighted by molar-refractivity contribution is 6.30. The summed E-state index contributed by atoms with van der Waals surface area (Å²) in [4.78, 5) is 15.3. The van der Waals surface area contributed by atoms with E-state index in [0.717, 1.165) is 24.0 Å². The van der Waals surface area contributed by atoms with Gasteiger partial charge in [-0.15, -0.1) is 0 Å². The Morgan fingerprint density at radius 2 is 2.16 bits per heavy atom. The quantitative estimate of drug-likeness (QED) is 0.756. The van der Waals surface area contributed by atoms with E-state index in [9.17, 15) is 4.79 Å². The summed E-state index contributed by atoms with van der Waals surface area (Å²) in [6.07, 6.45) is 7.56. The topological polar surface area (TPSA) is 51.2 Å². The largest absolute Gasteiger partial charge is 0.439 e. The van der Waals surface area contributed by atoms with Gasteiger partial charge in [0.05, 0.1) is 0 Å². The van der Waals surface area contributed by atoms with E-state index in [1.54, 1.807) is 12.3 Å². The lowest BCUT2D eigenvalue weighted by Gasteiger charge is -2.08. The second kappa shape index (κ2) is 9.23. The average molecular weight is 359 g/mol. The van der Waals surface area contributed by atoms with Crippen LogP contribution in [0.3, 0.4) is 0 Å². The molecule has 0 radical (unpaired) electrons. The molecule has 0 aliphatic rings. The van der Waals surface area contributed by atoms with E-state index in [4.69, 9.17) is 16.3 Å². The minimum atomic E-state index is -0.0528. The maximum Gasteiger partial charge on any atom is 0.219 e. The number of nitrogens with one attached hydrogen (secondary N) is 1. The molecule has 1 amide bonds. The number of nitrogens with zero attached hydrogens (tertiary/aromatic N) is 1. The number of hydrogen-bond acceptors (Lipinski definition) is 3. The van der Waals surface area contributed by atoms with Crippen LogP contribution in [0.5, 0.6) is 11.6 Å². The molecule has 0 fully saturated rings. The Morgan fingerprint density at radius 1 is 1.36 bits per heavy atom. The van der Waals surface area contributed by atoms with Crippen LogP contribution in [-0.2, 0) is 11.2 Å². The SMILES string of the molecule is CCCc1cc(Cl)cc(Oc2ccc(/C=C/[C@H](C)NC(C)=O)cn2)c1. The van der Waals surface area contributed by atoms with Crippen LogP contribution in [0.2, 0.25) is 5.02 Å². The molecule has 0 spiro atoms. The molecule has 0 unspecified atom stereocenters. The van der Waals surface area contributed by atoms with E-state index < -0.39 is 0 Å². The zero-order valence-electron chi connectivity index (χ0n) is 14.8. The first-order valence-electron chi connectivity index (χ1n) is 8.35. The van der Waals surface area contributed by atoms with Crippen LogP contribution in [0.25, 0.3) is 6.08 Å². The Bertz CT molecular complexity index is 742. The molecular formula is C20H23ClN2O2. The highest BCUT2D eigenvalue weighted by atomic mass is 35.5. The van der Waals surface area contributed by atoms with Gasteiger partial charge in [0.2, 0.25) is 11.8 Å². The van der Waals surface area contributed by atoms with Crippen LogP contribution in [0.4, 0.5) is 0 Å². The number of hydrogen-bond donors (Lipinski definition) is 1. The zero-order valence-corrected chi connectivity index (χ0v) is 15.5. The first-order valence-corrected chi connectivity index (χ1v) is 8.72. The van der Waals surface area contributed by atoms with Gasteiger partial charge < -0.3 is 10.1 Å². The number of ether oxygens (including phenoxy) is 1. The molecule has 0 aliphatic carbocycles. The summed E-state index contributed by atoms with van der Waals surface area (Å²) in [7, 11) is 0. The fourth-order valence-electron chi connectivity index (χ4n) is 2.41. The van der Waals surface area contributed by atoms with Crippen molar-refractivity contribution in [2.45, 2.75) is 39.7 Å². The van der Waals surface area contributed by atoms with Gasteiger partial charge in [0.1, 0.15) is 5.75 Å². The van der Waals surface area contributed by atoms with E-state index >= 15 is 0 Å². The molecule has 0 saturated heterocycles. The minimum absolute atomic E-state index is 0.0307. The van der Waals surface area contributed by atoms with Gasteiger partial charge >= 0.3 is 0 Å². The number of halogens is 1. The smallest absolute Gasteiger partial charge is 0.219 e. The van der Waals surface area contributed by atoms with E-state index in [1.165, 1.54) is 6.92 Å². The van der Waals surface area contributed by atoms with Crippen molar-refractivity contribution in [2.24, 2.45) is 0 Å². The third kappa shape index (κ3) is 6.59. The number of aromatic nitrogens is 1. The first kappa shape index (κ1) is 19.0. The maximum absolute atomic E-state index is 11.0. The molecule has 2 rings (SSSR count). The Kier molecular flexibility index (Phi) is 7.02. The van der Waals surface area contributed by atoms with Crippen molar-refractivity contribution in [1.82, 2.24) is 10.3 Å². The number of carbonyl (C=O) groups excluding carboxylic acids is 1. The van der Waals surface area contributed by atoms with Gasteiger partial charge in [0.25, 0.3) is 0 Å². The number of aryl methyl sites for hydroxylation is 1. The third-order valence-corrected chi connectivity index (χ3v) is 3.68. The highest BCUT2D eigenvalue weighted by Gasteiger charge is 2.04. The summed E-state index contributed by atoms with van der Waals surface area (Å²) in [5.41, 5.74) is 2.08. The van der Waals surface area contributed by atoms with E-state index in [1.807, 2.05) is 43.3 Å². The van der Waals surface area contributed by atoms with Gasteiger partial charge in [-0.25, -0.2) is 4.98 Å². The number of rotatable bonds is 7. The van der Waals surface area contributed by atoms with Crippen molar-refractivity contribution in [1.29, 1.82) is 0 Å². The maximum atomic E-state index is 11.0. The van der Waals surface area contributed by atoms with Gasteiger partial charge in [-0.05, 0) is 48.7 Å². The molecule has 2 aromatic rings. The molecule has 132 valence electrons. The summed E-state index contributed by atoms with van der Waals surface area (Å²) in [6, 6.07) is 9.41. The summed E-state index contributed by atoms with van der Waals surface area (Å²) >= 11 is 6.14. The lowest BCUT2D eigenvalue weighted by atomic mass is 10.1. The minimum Gasteiger partial charge on any atom is -0.439 e. The van der Waals surface area contributed by atoms with Gasteiger partial charge in [0, 0.05) is 30.3 Å². The van der Waals surface area contributed by atoms with Crippen molar-refractivity contribution in [3.63, 3.8) is 0 Å². The van der Waals surface area contributed by atoms with Crippen LogP contribution in [0.1, 0.15) is 38.3 Å². The molecule has 1 aromatic heterocycles. The Balaban J connectivity index is 2.03. The van der Waals surface area contributed by atoms with Crippen LogP contribution < -0.4 is 10.1 Å². The van der Waals surface area contributed by atoms with Crippen molar-refractivity contribution in [3.05, 3.63) is 58.8 Å². The van der Waals surface area contributed by atoms with Crippen LogP contribution in [0.15, 0.2) is 42.6 Å². The van der Waals surface area contributed by atoms with Gasteiger partial charge in [-0.3, -0.25) is 4.79 Å². The highest BCUT2D eigenvalue weighted by Crippen LogP contribution is 2.26. The van der Waals surface area contributed by atoms with Crippen molar-refractivity contribution in [2.75, 3.05) is 0 Å². The second-order valence-electron chi connectivity index (χ2n) is 5.93. The lowest BCUT2D eigenvalue weighted by Crippen LogP contribution is -2.28. The molecule has 4 nitrogen and oxygen atoms in total. The van der Waals surface area contributed by atoms with E-state index in [2.05, 4.69) is 17.2 Å². The number of benzene rings is 1. The number of carbonyl (C=O) groups is 1. The summed E-state index contributed by atoms with van der Waals surface area (Å²) in [6.45, 7) is 5.54. The van der Waals surface area contributed by atoms with E-state index in [-0.39, 0.29) is 11.9 Å². The lowest BCUT2D eigenvalue weighted by molar-refractivity contribution is -0.119. The summed E-state index contributed by atoms with van der Waals surface area (Å²) in [5, 5.41) is 3.45. The predicted octanol–water partition coefficient (Wildman–Crippen LogP) is 5.02. The Hall–Kier alpha value is -2.33. The number of amides is 1. The molecule has 0 saturated carbocycles. The summed E-state index contributed by atoms with van der Waals surface area (Å²) < 4.78 is 5.80. The molecule has 0 bridgehead atoms. The summed E-state index contributed by atoms with van der Waals surface area (Å²) in [5.74, 6) is 1.14. The first-order chi connectivity index (χ1) is 12.0. The van der Waals surface area contributed by atoms with Crippen molar-refractivity contribution < 1.29 is 9.53 Å². The van der Waals surface area contributed by atoms with Crippen LogP contribution >= 0.6 is 11.6 Å². The van der Waals surface area contributed by atoms with Gasteiger partial charge in [0.15, 0.2) is 0 Å². The van der Waals surface area contributed by atoms with Crippen molar-refractivity contribution in [3.8, 4) is 11.6 Å². The van der Waals surface area contributed by atoms with Gasteiger partial charge in [-0.1, -0.05) is 37.1 Å². The molecule has 1 N–H and O–H groups in total. The molecule has 1 aromatic carbocycles. The molecular weight excluding hydrogens is 336 g/mol. The fraction of sp³-hybridized carbons (Fsp3) is 0.300. The Labute approximate surface area is 153 Å². The molecule has 5 heteroatoms. The van der Waals surface area contributed by atoms with Crippen molar-refractivity contribution >= 4 is 23.6 Å². The average Bonchev–Trinajstić information content (AvgIpc) is 2.53. The zero-order chi connectivity index (χ0) is 18.2. The molecule has 25 heavy (non-hydrogen) atoms. The Morgan fingerprint density at radius 3 is 2.80 bits per heavy atom. The molecule has 1 heterocycles. The molecule has 0 aliphatic heterocycles. The molecule has 1 atom stereocenters. The second-order valence-corrected chi connectivity index (χ2v) is 6.36. The predicted molar refractivity (Wildman–Crippen MR) is 102 cm³/mol. The van der Waals surface area contributed by atoms with E-state index in [0.29, 0.717) is 16.7 Å². The van der Waals surface area contributed by atoms with Gasteiger partial charge in [-0.2, -0.15) is 0 Å². The standard InChI is InChI=1S/C20H23ClN2O2/c1-4-5-17-10-18(21)12-19(11-17)25-20-9-8-16(13-22-20)7-6-14(2)23-15(3)24/h6-14H,4-5H2,1-3H3,(H,23,24)/b7-6+/t14-/m0/s1. The monoisotopic (exact) mass is 358 g/mol. The normalized spacial score (nSPS) is 12.2. The fourth-order valence-corrected chi connectivity index (χ4v) is 2.66. The van der Waals surface area contributed by atoms with Crippen LogP contribution in [-0.4, -0.2) is 16.9 Å².